The molecule has 0 aromatic heterocycles. The number of urea groups is 1. The highest BCUT2D eigenvalue weighted by Gasteiger charge is 2.33. The largest absolute Gasteiger partial charge is 0.490 e. The van der Waals surface area contributed by atoms with Crippen LogP contribution in [0.25, 0.3) is 6.08 Å². The van der Waals surface area contributed by atoms with Gasteiger partial charge in [0.05, 0.1) is 13.2 Å². The maximum absolute atomic E-state index is 13.0. The normalized spacial score (nSPS) is 14.2. The molecule has 0 unspecified atom stereocenters. The summed E-state index contributed by atoms with van der Waals surface area (Å²) in [6, 6.07) is 20.7. The van der Waals surface area contributed by atoms with Crippen molar-refractivity contribution in [2.45, 2.75) is 26.5 Å². The summed E-state index contributed by atoms with van der Waals surface area (Å²) in [6.45, 7) is 6.80. The lowest BCUT2D eigenvalue weighted by Gasteiger charge is -2.17. The van der Waals surface area contributed by atoms with Crippen molar-refractivity contribution in [1.82, 2.24) is 10.2 Å². The number of carbonyl (C=O) groups excluding carboxylic acids is 2. The second-order valence-electron chi connectivity index (χ2n) is 8.21. The molecule has 184 valence electrons. The van der Waals surface area contributed by atoms with Gasteiger partial charge in [-0.2, -0.15) is 0 Å². The van der Waals surface area contributed by atoms with E-state index in [1.165, 1.54) is 4.90 Å². The van der Waals surface area contributed by atoms with Crippen molar-refractivity contribution >= 4 is 33.9 Å². The number of hydrogen-bond donors (Lipinski definition) is 1. The Balaban J connectivity index is 1.61. The molecule has 1 N–H and O–H groups in total. The highest BCUT2D eigenvalue weighted by Crippen LogP contribution is 2.35. The Morgan fingerprint density at radius 3 is 2.44 bits per heavy atom. The number of carbonyl (C=O) groups is 2. The maximum atomic E-state index is 13.0. The van der Waals surface area contributed by atoms with Crippen LogP contribution in [0.3, 0.4) is 0 Å². The molecule has 0 spiro atoms. The van der Waals surface area contributed by atoms with Crippen molar-refractivity contribution in [3.8, 4) is 11.5 Å². The third-order valence-corrected chi connectivity index (χ3v) is 6.10. The predicted molar refractivity (Wildman–Crippen MR) is 143 cm³/mol. The Bertz CT molecular complexity index is 1290. The standard InChI is InChI=1S/C29H27BrN2O4/c1-3-8-23-15-22(17-26(35-4-2)27(23)36-19-21-9-6-5-7-10-21)16-25-28(33)32(29(34)31-25)18-20-11-13-24(30)14-12-20/h3,5-7,9-17H,1,4,8,18-19H2,2H3,(H,31,34)/b25-16+. The molecule has 3 aromatic rings. The van der Waals surface area contributed by atoms with Gasteiger partial charge in [0.2, 0.25) is 0 Å². The molecule has 0 radical (unpaired) electrons. The summed E-state index contributed by atoms with van der Waals surface area (Å²) in [4.78, 5) is 26.8. The molecular weight excluding hydrogens is 520 g/mol. The van der Waals surface area contributed by atoms with Gasteiger partial charge >= 0.3 is 6.03 Å². The molecule has 1 heterocycles. The summed E-state index contributed by atoms with van der Waals surface area (Å²) in [7, 11) is 0. The Labute approximate surface area is 219 Å². The van der Waals surface area contributed by atoms with Crippen molar-refractivity contribution in [2.75, 3.05) is 6.61 Å². The smallest absolute Gasteiger partial charge is 0.329 e. The van der Waals surface area contributed by atoms with Crippen LogP contribution >= 0.6 is 15.9 Å². The third kappa shape index (κ3) is 6.04. The van der Waals surface area contributed by atoms with Gasteiger partial charge in [-0.05, 0) is 60.4 Å². The molecule has 4 rings (SSSR count). The van der Waals surface area contributed by atoms with Crippen LogP contribution in [0.5, 0.6) is 11.5 Å². The molecule has 7 heteroatoms. The minimum absolute atomic E-state index is 0.188. The number of ether oxygens (including phenoxy) is 2. The van der Waals surface area contributed by atoms with E-state index in [1.807, 2.05) is 73.7 Å². The zero-order valence-corrected chi connectivity index (χ0v) is 21.6. The number of benzene rings is 3. The molecule has 1 fully saturated rings. The second-order valence-corrected chi connectivity index (χ2v) is 9.13. The number of nitrogens with zero attached hydrogens (tertiary/aromatic N) is 1. The monoisotopic (exact) mass is 546 g/mol. The summed E-state index contributed by atoms with van der Waals surface area (Å²) in [5.41, 5.74) is 3.70. The molecule has 0 bridgehead atoms. The summed E-state index contributed by atoms with van der Waals surface area (Å²) in [5.74, 6) is 0.833. The van der Waals surface area contributed by atoms with E-state index >= 15 is 0 Å². The first-order valence-corrected chi connectivity index (χ1v) is 12.4. The first-order valence-electron chi connectivity index (χ1n) is 11.6. The van der Waals surface area contributed by atoms with Gasteiger partial charge < -0.3 is 14.8 Å². The SMILES string of the molecule is C=CCc1cc(/C=C2/NC(=O)N(Cc3ccc(Br)cc3)C2=O)cc(OCC)c1OCc1ccccc1. The minimum atomic E-state index is -0.451. The van der Waals surface area contributed by atoms with Crippen LogP contribution in [0.15, 0.2) is 89.6 Å². The van der Waals surface area contributed by atoms with E-state index in [-0.39, 0.29) is 18.1 Å². The summed E-state index contributed by atoms with van der Waals surface area (Å²) in [6.07, 6.45) is 4.01. The molecule has 3 aromatic carbocycles. The van der Waals surface area contributed by atoms with Gasteiger partial charge in [-0.3, -0.25) is 9.69 Å². The molecule has 6 nitrogen and oxygen atoms in total. The Morgan fingerprint density at radius 2 is 1.75 bits per heavy atom. The van der Waals surface area contributed by atoms with Gasteiger partial charge in [-0.1, -0.05) is 64.5 Å². The van der Waals surface area contributed by atoms with Crippen LogP contribution < -0.4 is 14.8 Å². The van der Waals surface area contributed by atoms with E-state index in [4.69, 9.17) is 9.47 Å². The maximum Gasteiger partial charge on any atom is 0.329 e. The highest BCUT2D eigenvalue weighted by molar-refractivity contribution is 9.10. The average Bonchev–Trinajstić information content (AvgIpc) is 3.13. The first-order chi connectivity index (χ1) is 17.5. The van der Waals surface area contributed by atoms with Crippen LogP contribution in [-0.2, 0) is 24.4 Å². The Kier molecular flexibility index (Phi) is 8.23. The first kappa shape index (κ1) is 25.3. The van der Waals surface area contributed by atoms with E-state index in [9.17, 15) is 9.59 Å². The molecule has 1 aliphatic rings. The van der Waals surface area contributed by atoms with Crippen LogP contribution in [0.2, 0.25) is 0 Å². The van der Waals surface area contributed by atoms with Crippen LogP contribution in [0, 0.1) is 0 Å². The highest BCUT2D eigenvalue weighted by atomic mass is 79.9. The summed E-state index contributed by atoms with van der Waals surface area (Å²) >= 11 is 3.39. The number of allylic oxidation sites excluding steroid dienone is 1. The third-order valence-electron chi connectivity index (χ3n) is 5.57. The minimum Gasteiger partial charge on any atom is -0.490 e. The van der Waals surface area contributed by atoms with Gasteiger partial charge in [0.15, 0.2) is 11.5 Å². The van der Waals surface area contributed by atoms with Gasteiger partial charge in [0, 0.05) is 10.0 Å². The van der Waals surface area contributed by atoms with Gasteiger partial charge in [-0.25, -0.2) is 4.79 Å². The van der Waals surface area contributed by atoms with Gasteiger partial charge in [0.1, 0.15) is 12.3 Å². The fraction of sp³-hybridized carbons (Fsp3) is 0.172. The van der Waals surface area contributed by atoms with E-state index in [1.54, 1.807) is 12.2 Å². The number of hydrogen-bond acceptors (Lipinski definition) is 4. The van der Waals surface area contributed by atoms with E-state index < -0.39 is 6.03 Å². The molecule has 0 aliphatic carbocycles. The molecule has 3 amide bonds. The van der Waals surface area contributed by atoms with Crippen molar-refractivity contribution in [1.29, 1.82) is 0 Å². The summed E-state index contributed by atoms with van der Waals surface area (Å²) in [5, 5.41) is 2.70. The Hall–Kier alpha value is -3.84. The van der Waals surface area contributed by atoms with E-state index in [2.05, 4.69) is 27.8 Å². The lowest BCUT2D eigenvalue weighted by atomic mass is 10.0. The van der Waals surface area contributed by atoms with Gasteiger partial charge in [-0.15, -0.1) is 6.58 Å². The quantitative estimate of drug-likeness (QED) is 0.185. The zero-order chi connectivity index (χ0) is 25.5. The average molecular weight is 547 g/mol. The fourth-order valence-electron chi connectivity index (χ4n) is 3.88. The number of amides is 3. The van der Waals surface area contributed by atoms with Crippen molar-refractivity contribution in [2.24, 2.45) is 0 Å². The molecule has 36 heavy (non-hydrogen) atoms. The Morgan fingerprint density at radius 1 is 1.00 bits per heavy atom. The molecule has 1 saturated heterocycles. The number of halogens is 1. The fourth-order valence-corrected chi connectivity index (χ4v) is 4.15. The van der Waals surface area contributed by atoms with Crippen molar-refractivity contribution in [3.63, 3.8) is 0 Å². The second kappa shape index (κ2) is 11.7. The lowest BCUT2D eigenvalue weighted by Crippen LogP contribution is -2.30. The van der Waals surface area contributed by atoms with Gasteiger partial charge in [0.25, 0.3) is 5.91 Å². The number of nitrogens with one attached hydrogen (secondary N) is 1. The molecular formula is C29H27BrN2O4. The lowest BCUT2D eigenvalue weighted by molar-refractivity contribution is -0.123. The molecule has 0 saturated carbocycles. The van der Waals surface area contributed by atoms with Crippen molar-refractivity contribution in [3.05, 3.63) is 112 Å². The van der Waals surface area contributed by atoms with Crippen LogP contribution in [-0.4, -0.2) is 23.4 Å². The van der Waals surface area contributed by atoms with E-state index in [0.717, 1.165) is 26.7 Å². The molecule has 1 aliphatic heterocycles. The number of rotatable bonds is 10. The summed E-state index contributed by atoms with van der Waals surface area (Å²) < 4.78 is 13.0. The van der Waals surface area contributed by atoms with Crippen LogP contribution in [0.1, 0.15) is 29.2 Å². The predicted octanol–water partition coefficient (Wildman–Crippen LogP) is 6.25. The molecule has 0 atom stereocenters. The van der Waals surface area contributed by atoms with Crippen LogP contribution in [0.4, 0.5) is 4.79 Å². The van der Waals surface area contributed by atoms with E-state index in [0.29, 0.717) is 31.1 Å². The number of imide groups is 1. The zero-order valence-electron chi connectivity index (χ0n) is 20.0. The van der Waals surface area contributed by atoms with Crippen molar-refractivity contribution < 1.29 is 19.1 Å². The topological polar surface area (TPSA) is 67.9 Å².